The van der Waals surface area contributed by atoms with Gasteiger partial charge in [0.05, 0.1) is 13.0 Å². The lowest BCUT2D eigenvalue weighted by Gasteiger charge is -2.18. The zero-order valence-electron chi connectivity index (χ0n) is 11.4. The van der Waals surface area contributed by atoms with Crippen LogP contribution in [0.5, 0.6) is 5.75 Å². The predicted molar refractivity (Wildman–Crippen MR) is 74.0 cm³/mol. The molecule has 7 heteroatoms. The molecule has 2 heterocycles. The highest BCUT2D eigenvalue weighted by atomic mass is 19.1. The van der Waals surface area contributed by atoms with Gasteiger partial charge in [-0.15, -0.1) is 0 Å². The van der Waals surface area contributed by atoms with Crippen molar-refractivity contribution in [2.45, 2.75) is 6.42 Å². The van der Waals surface area contributed by atoms with E-state index >= 15 is 0 Å². The summed E-state index contributed by atoms with van der Waals surface area (Å²) in [7, 11) is 1.39. The molecule has 0 spiro atoms. The topological polar surface area (TPSA) is 75.5 Å². The Bertz CT molecular complexity index is 707. The van der Waals surface area contributed by atoms with Gasteiger partial charge in [-0.25, -0.2) is 14.4 Å². The lowest BCUT2D eigenvalue weighted by atomic mass is 10.1. The quantitative estimate of drug-likeness (QED) is 0.927. The van der Waals surface area contributed by atoms with Crippen LogP contribution in [-0.2, 0) is 4.79 Å². The van der Waals surface area contributed by atoms with Gasteiger partial charge in [0.1, 0.15) is 17.7 Å². The van der Waals surface area contributed by atoms with Crippen molar-refractivity contribution >= 4 is 22.7 Å². The van der Waals surface area contributed by atoms with Crippen LogP contribution < -0.4 is 9.64 Å². The number of fused-ring (bicyclic) bond motifs is 1. The van der Waals surface area contributed by atoms with Crippen LogP contribution in [0.2, 0.25) is 0 Å². The van der Waals surface area contributed by atoms with Gasteiger partial charge in [0, 0.05) is 18.5 Å². The summed E-state index contributed by atoms with van der Waals surface area (Å²) in [5.41, 5.74) is 0.179. The summed E-state index contributed by atoms with van der Waals surface area (Å²) in [5.74, 6) is -1.09. The van der Waals surface area contributed by atoms with Crippen LogP contribution in [0.4, 0.5) is 10.2 Å². The van der Waals surface area contributed by atoms with E-state index in [0.29, 0.717) is 30.7 Å². The van der Waals surface area contributed by atoms with Crippen molar-refractivity contribution in [3.8, 4) is 5.75 Å². The number of carboxylic acids is 1. The van der Waals surface area contributed by atoms with Gasteiger partial charge in [-0.3, -0.25) is 4.79 Å². The number of ether oxygens (including phenoxy) is 1. The van der Waals surface area contributed by atoms with E-state index in [1.165, 1.54) is 19.5 Å². The normalized spacial score (nSPS) is 18.2. The minimum absolute atomic E-state index is 0.122. The number of anilines is 1. The monoisotopic (exact) mass is 291 g/mol. The molecule has 1 unspecified atom stereocenters. The maximum Gasteiger partial charge on any atom is 0.308 e. The molecule has 3 rings (SSSR count). The molecule has 0 radical (unpaired) electrons. The van der Waals surface area contributed by atoms with Crippen LogP contribution in [0.3, 0.4) is 0 Å². The van der Waals surface area contributed by atoms with Gasteiger partial charge in [-0.2, -0.15) is 0 Å². The van der Waals surface area contributed by atoms with E-state index in [1.807, 2.05) is 4.90 Å². The van der Waals surface area contributed by atoms with Gasteiger partial charge in [0.25, 0.3) is 0 Å². The number of carbonyl (C=O) groups is 1. The molecule has 0 amide bonds. The number of nitrogens with zero attached hydrogens (tertiary/aromatic N) is 3. The lowest BCUT2D eigenvalue weighted by Crippen LogP contribution is -2.23. The third-order valence-electron chi connectivity index (χ3n) is 3.75. The van der Waals surface area contributed by atoms with E-state index in [1.54, 1.807) is 6.07 Å². The van der Waals surface area contributed by atoms with Gasteiger partial charge in [-0.1, -0.05) is 0 Å². The number of carboxylic acid groups (broad SMARTS) is 1. The van der Waals surface area contributed by atoms with Crippen molar-refractivity contribution in [2.75, 3.05) is 25.1 Å². The molecule has 110 valence electrons. The van der Waals surface area contributed by atoms with E-state index in [0.717, 1.165) is 0 Å². The van der Waals surface area contributed by atoms with Crippen molar-refractivity contribution in [2.24, 2.45) is 5.92 Å². The Kier molecular flexibility index (Phi) is 3.32. The lowest BCUT2D eigenvalue weighted by molar-refractivity contribution is -0.140. The fourth-order valence-corrected chi connectivity index (χ4v) is 2.63. The fourth-order valence-electron chi connectivity index (χ4n) is 2.63. The average molecular weight is 291 g/mol. The third-order valence-corrected chi connectivity index (χ3v) is 3.75. The van der Waals surface area contributed by atoms with Crippen molar-refractivity contribution in [3.63, 3.8) is 0 Å². The van der Waals surface area contributed by atoms with E-state index in [2.05, 4.69) is 9.97 Å². The Balaban J connectivity index is 2.04. The van der Waals surface area contributed by atoms with Crippen LogP contribution in [0.15, 0.2) is 18.5 Å². The molecule has 1 aromatic carbocycles. The Morgan fingerprint density at radius 2 is 2.29 bits per heavy atom. The van der Waals surface area contributed by atoms with Crippen molar-refractivity contribution < 1.29 is 19.0 Å². The second-order valence-electron chi connectivity index (χ2n) is 4.95. The number of aliphatic carboxylic acids is 1. The van der Waals surface area contributed by atoms with E-state index in [-0.39, 0.29) is 11.3 Å². The molecule has 21 heavy (non-hydrogen) atoms. The van der Waals surface area contributed by atoms with E-state index in [4.69, 9.17) is 9.84 Å². The second-order valence-corrected chi connectivity index (χ2v) is 4.95. The van der Waals surface area contributed by atoms with Gasteiger partial charge in [0.15, 0.2) is 11.6 Å². The Morgan fingerprint density at radius 3 is 2.95 bits per heavy atom. The molecule has 1 aliphatic rings. The number of aromatic nitrogens is 2. The predicted octanol–water partition coefficient (Wildman–Crippen LogP) is 1.69. The van der Waals surface area contributed by atoms with Crippen molar-refractivity contribution in [1.82, 2.24) is 9.97 Å². The summed E-state index contributed by atoms with van der Waals surface area (Å²) in [6, 6.07) is 3.22. The van der Waals surface area contributed by atoms with Crippen molar-refractivity contribution in [3.05, 3.63) is 24.3 Å². The van der Waals surface area contributed by atoms with Crippen molar-refractivity contribution in [1.29, 1.82) is 0 Å². The summed E-state index contributed by atoms with van der Waals surface area (Å²) in [6.07, 6.45) is 1.84. The molecule has 1 saturated heterocycles. The van der Waals surface area contributed by atoms with Crippen LogP contribution >= 0.6 is 0 Å². The average Bonchev–Trinajstić information content (AvgIpc) is 2.97. The number of hydrogen-bond donors (Lipinski definition) is 1. The second kappa shape index (κ2) is 5.16. The molecule has 1 aromatic heterocycles. The summed E-state index contributed by atoms with van der Waals surface area (Å²) in [5, 5.41) is 9.62. The molecular weight excluding hydrogens is 277 g/mol. The molecule has 0 saturated carbocycles. The summed E-state index contributed by atoms with van der Waals surface area (Å²) >= 11 is 0. The summed E-state index contributed by atoms with van der Waals surface area (Å²) in [4.78, 5) is 21.1. The smallest absolute Gasteiger partial charge is 0.308 e. The van der Waals surface area contributed by atoms with E-state index in [9.17, 15) is 9.18 Å². The molecular formula is C14H14FN3O3. The molecule has 1 fully saturated rings. The first-order valence-electron chi connectivity index (χ1n) is 6.56. The number of rotatable bonds is 3. The van der Waals surface area contributed by atoms with Crippen LogP contribution in [-0.4, -0.2) is 41.2 Å². The molecule has 6 nitrogen and oxygen atoms in total. The summed E-state index contributed by atoms with van der Waals surface area (Å²) < 4.78 is 19.2. The number of hydrogen-bond acceptors (Lipinski definition) is 5. The zero-order chi connectivity index (χ0) is 15.0. The molecule has 0 bridgehead atoms. The molecule has 0 aliphatic carbocycles. The molecule has 1 atom stereocenters. The van der Waals surface area contributed by atoms with Gasteiger partial charge in [-0.05, 0) is 18.6 Å². The Morgan fingerprint density at radius 1 is 1.48 bits per heavy atom. The first-order chi connectivity index (χ1) is 10.1. The Labute approximate surface area is 120 Å². The fraction of sp³-hybridized carbons (Fsp3) is 0.357. The van der Waals surface area contributed by atoms with Crippen LogP contribution in [0.1, 0.15) is 6.42 Å². The zero-order valence-corrected chi connectivity index (χ0v) is 11.4. The highest BCUT2D eigenvalue weighted by molar-refractivity contribution is 5.91. The van der Waals surface area contributed by atoms with Gasteiger partial charge >= 0.3 is 5.97 Å². The number of benzene rings is 1. The maximum absolute atomic E-state index is 14.2. The molecule has 1 aliphatic heterocycles. The highest BCUT2D eigenvalue weighted by Gasteiger charge is 2.30. The highest BCUT2D eigenvalue weighted by Crippen LogP contribution is 2.32. The number of methoxy groups -OCH3 is 1. The maximum atomic E-state index is 14.2. The number of halogens is 1. The standard InChI is InChI=1S/C14H14FN3O3/c1-21-10-3-2-9-12(11(10)15)16-7-17-13(9)18-5-4-8(6-18)14(19)20/h2-3,7-8H,4-6H2,1H3,(H,19,20). The SMILES string of the molecule is COc1ccc2c(N3CCC(C(=O)O)C3)ncnc2c1F. The third kappa shape index (κ3) is 2.24. The first-order valence-corrected chi connectivity index (χ1v) is 6.56. The molecule has 1 N–H and O–H groups in total. The largest absolute Gasteiger partial charge is 0.494 e. The Hall–Kier alpha value is -2.44. The summed E-state index contributed by atoms with van der Waals surface area (Å²) in [6.45, 7) is 0.950. The van der Waals surface area contributed by atoms with Gasteiger partial charge < -0.3 is 14.7 Å². The molecule has 2 aromatic rings. The minimum Gasteiger partial charge on any atom is -0.494 e. The van der Waals surface area contributed by atoms with Crippen LogP contribution in [0, 0.1) is 11.7 Å². The van der Waals surface area contributed by atoms with Crippen LogP contribution in [0.25, 0.3) is 10.9 Å². The first kappa shape index (κ1) is 13.5. The van der Waals surface area contributed by atoms with E-state index < -0.39 is 17.7 Å². The van der Waals surface area contributed by atoms with Gasteiger partial charge in [0.2, 0.25) is 0 Å². The minimum atomic E-state index is -0.816.